The van der Waals surface area contributed by atoms with Crippen molar-refractivity contribution in [3.05, 3.63) is 36.0 Å². The standard InChI is InChI=1S/C15H16N2O2/c1-10-6-14(12-4-2-3-5-13(12)16-10)17-8-11(9-17)7-15(18)19/h2-6,11H,7-9H2,1H3,(H,18,19). The number of carbonyl (C=O) groups is 1. The van der Waals surface area contributed by atoms with Gasteiger partial charge in [-0.05, 0) is 19.1 Å². The van der Waals surface area contributed by atoms with Gasteiger partial charge in [0.2, 0.25) is 0 Å². The number of nitrogens with zero attached hydrogens (tertiary/aromatic N) is 2. The van der Waals surface area contributed by atoms with E-state index in [-0.39, 0.29) is 12.3 Å². The molecule has 4 nitrogen and oxygen atoms in total. The van der Waals surface area contributed by atoms with Crippen molar-refractivity contribution in [2.75, 3.05) is 18.0 Å². The molecule has 98 valence electrons. The summed E-state index contributed by atoms with van der Waals surface area (Å²) in [5.74, 6) is -0.440. The van der Waals surface area contributed by atoms with E-state index in [0.29, 0.717) is 0 Å². The van der Waals surface area contributed by atoms with E-state index >= 15 is 0 Å². The molecule has 0 saturated carbocycles. The molecule has 1 N–H and O–H groups in total. The average Bonchev–Trinajstić information content (AvgIpc) is 2.32. The van der Waals surface area contributed by atoms with Crippen LogP contribution in [0, 0.1) is 12.8 Å². The maximum Gasteiger partial charge on any atom is 0.303 e. The second-order valence-electron chi connectivity index (χ2n) is 5.17. The quantitative estimate of drug-likeness (QED) is 0.916. The van der Waals surface area contributed by atoms with Crippen LogP contribution in [0.2, 0.25) is 0 Å². The van der Waals surface area contributed by atoms with Crippen molar-refractivity contribution in [3.63, 3.8) is 0 Å². The normalized spacial score (nSPS) is 15.5. The van der Waals surface area contributed by atoms with Crippen LogP contribution in [0.5, 0.6) is 0 Å². The fourth-order valence-corrected chi connectivity index (χ4v) is 2.69. The Morgan fingerprint density at radius 2 is 2.16 bits per heavy atom. The van der Waals surface area contributed by atoms with Crippen LogP contribution in [0.4, 0.5) is 5.69 Å². The fraction of sp³-hybridized carbons (Fsp3) is 0.333. The molecule has 2 aromatic rings. The number of carboxylic acids is 1. The van der Waals surface area contributed by atoms with Gasteiger partial charge in [-0.25, -0.2) is 0 Å². The summed E-state index contributed by atoms with van der Waals surface area (Å²) >= 11 is 0. The van der Waals surface area contributed by atoms with Crippen LogP contribution in [-0.4, -0.2) is 29.1 Å². The first-order chi connectivity index (χ1) is 9.13. The molecule has 0 spiro atoms. The zero-order valence-electron chi connectivity index (χ0n) is 10.8. The molecule has 1 aromatic heterocycles. The zero-order valence-corrected chi connectivity index (χ0v) is 10.8. The number of benzene rings is 1. The molecule has 0 amide bonds. The SMILES string of the molecule is Cc1cc(N2CC(CC(=O)O)C2)c2ccccc2n1. The maximum absolute atomic E-state index is 10.7. The van der Waals surface area contributed by atoms with E-state index < -0.39 is 5.97 Å². The van der Waals surface area contributed by atoms with Gasteiger partial charge in [0.05, 0.1) is 11.9 Å². The Labute approximate surface area is 111 Å². The van der Waals surface area contributed by atoms with Gasteiger partial charge in [0.1, 0.15) is 0 Å². The van der Waals surface area contributed by atoms with E-state index in [1.54, 1.807) is 0 Å². The van der Waals surface area contributed by atoms with Gasteiger partial charge >= 0.3 is 5.97 Å². The highest BCUT2D eigenvalue weighted by atomic mass is 16.4. The first-order valence-corrected chi connectivity index (χ1v) is 6.46. The molecule has 3 rings (SSSR count). The van der Waals surface area contributed by atoms with Gasteiger partial charge in [-0.2, -0.15) is 0 Å². The number of anilines is 1. The predicted octanol–water partition coefficient (Wildman–Crippen LogP) is 2.45. The van der Waals surface area contributed by atoms with Crippen LogP contribution in [0.1, 0.15) is 12.1 Å². The molecule has 19 heavy (non-hydrogen) atoms. The third-order valence-electron chi connectivity index (χ3n) is 3.58. The molecule has 2 heterocycles. The summed E-state index contributed by atoms with van der Waals surface area (Å²) in [4.78, 5) is 17.4. The van der Waals surface area contributed by atoms with Crippen LogP contribution >= 0.6 is 0 Å². The van der Waals surface area contributed by atoms with Gasteiger partial charge in [0, 0.05) is 35.8 Å². The average molecular weight is 256 g/mol. The number of aryl methyl sites for hydroxylation is 1. The topological polar surface area (TPSA) is 53.4 Å². The van der Waals surface area contributed by atoms with Crippen molar-refractivity contribution in [3.8, 4) is 0 Å². The largest absolute Gasteiger partial charge is 0.481 e. The molecule has 1 fully saturated rings. The van der Waals surface area contributed by atoms with Crippen LogP contribution in [0.3, 0.4) is 0 Å². The number of rotatable bonds is 3. The Balaban J connectivity index is 1.88. The molecular formula is C15H16N2O2. The number of pyridine rings is 1. The number of fused-ring (bicyclic) bond motifs is 1. The lowest BCUT2D eigenvalue weighted by molar-refractivity contribution is -0.138. The number of hydrogen-bond donors (Lipinski definition) is 1. The summed E-state index contributed by atoms with van der Waals surface area (Å²) in [7, 11) is 0. The lowest BCUT2D eigenvalue weighted by atomic mass is 9.95. The minimum absolute atomic E-state index is 0.262. The van der Waals surface area contributed by atoms with Gasteiger partial charge in [0.25, 0.3) is 0 Å². The lowest BCUT2D eigenvalue weighted by Crippen LogP contribution is -2.47. The van der Waals surface area contributed by atoms with E-state index in [4.69, 9.17) is 5.11 Å². The summed E-state index contributed by atoms with van der Waals surface area (Å²) in [6, 6.07) is 10.2. The lowest BCUT2D eigenvalue weighted by Gasteiger charge is -2.41. The van der Waals surface area contributed by atoms with Crippen molar-refractivity contribution in [1.82, 2.24) is 4.98 Å². The molecule has 1 aromatic carbocycles. The third-order valence-corrected chi connectivity index (χ3v) is 3.58. The second kappa shape index (κ2) is 4.53. The Morgan fingerprint density at radius 3 is 2.89 bits per heavy atom. The monoisotopic (exact) mass is 256 g/mol. The zero-order chi connectivity index (χ0) is 13.4. The van der Waals surface area contributed by atoms with Crippen molar-refractivity contribution < 1.29 is 9.90 Å². The molecule has 0 radical (unpaired) electrons. The third kappa shape index (κ3) is 2.26. The minimum atomic E-state index is -0.708. The van der Waals surface area contributed by atoms with Crippen molar-refractivity contribution in [2.24, 2.45) is 5.92 Å². The Hall–Kier alpha value is -2.10. The molecule has 0 aliphatic carbocycles. The second-order valence-corrected chi connectivity index (χ2v) is 5.17. The fourth-order valence-electron chi connectivity index (χ4n) is 2.69. The van der Waals surface area contributed by atoms with Gasteiger partial charge in [-0.1, -0.05) is 18.2 Å². The highest BCUT2D eigenvalue weighted by molar-refractivity contribution is 5.92. The number of carboxylic acid groups (broad SMARTS) is 1. The summed E-state index contributed by atoms with van der Waals surface area (Å²) in [5, 5.41) is 9.93. The highest BCUT2D eigenvalue weighted by Crippen LogP contribution is 2.32. The number of aromatic nitrogens is 1. The van der Waals surface area contributed by atoms with Crippen LogP contribution in [0.25, 0.3) is 10.9 Å². The van der Waals surface area contributed by atoms with Crippen molar-refractivity contribution in [1.29, 1.82) is 0 Å². The molecule has 4 heteroatoms. The number of hydrogen-bond acceptors (Lipinski definition) is 3. The van der Waals surface area contributed by atoms with Gasteiger partial charge < -0.3 is 10.0 Å². The Kier molecular flexibility index (Phi) is 2.85. The summed E-state index contributed by atoms with van der Waals surface area (Å²) in [6.45, 7) is 3.63. The van der Waals surface area contributed by atoms with Crippen molar-refractivity contribution >= 4 is 22.6 Å². The van der Waals surface area contributed by atoms with Gasteiger partial charge in [-0.3, -0.25) is 9.78 Å². The van der Waals surface area contributed by atoms with Crippen LogP contribution < -0.4 is 4.90 Å². The predicted molar refractivity (Wildman–Crippen MR) is 74.4 cm³/mol. The first kappa shape index (κ1) is 12.0. The Morgan fingerprint density at radius 1 is 1.42 bits per heavy atom. The first-order valence-electron chi connectivity index (χ1n) is 6.46. The minimum Gasteiger partial charge on any atom is -0.481 e. The van der Waals surface area contributed by atoms with E-state index in [0.717, 1.165) is 29.7 Å². The molecule has 1 aliphatic heterocycles. The van der Waals surface area contributed by atoms with Crippen LogP contribution in [-0.2, 0) is 4.79 Å². The Bertz CT molecular complexity index is 633. The molecule has 1 saturated heterocycles. The summed E-state index contributed by atoms with van der Waals surface area (Å²) < 4.78 is 0. The molecule has 0 atom stereocenters. The molecule has 0 unspecified atom stereocenters. The smallest absolute Gasteiger partial charge is 0.303 e. The summed E-state index contributed by atoms with van der Waals surface area (Å²) in [6.07, 6.45) is 0.262. The number of aliphatic carboxylic acids is 1. The van der Waals surface area contributed by atoms with E-state index in [9.17, 15) is 4.79 Å². The van der Waals surface area contributed by atoms with Crippen molar-refractivity contribution in [2.45, 2.75) is 13.3 Å². The van der Waals surface area contributed by atoms with E-state index in [1.165, 1.54) is 5.69 Å². The van der Waals surface area contributed by atoms with E-state index in [2.05, 4.69) is 22.0 Å². The summed E-state index contributed by atoms with van der Waals surface area (Å²) in [5.41, 5.74) is 3.17. The van der Waals surface area contributed by atoms with Gasteiger partial charge in [-0.15, -0.1) is 0 Å². The maximum atomic E-state index is 10.7. The van der Waals surface area contributed by atoms with Crippen LogP contribution in [0.15, 0.2) is 30.3 Å². The molecule has 0 bridgehead atoms. The molecule has 1 aliphatic rings. The van der Waals surface area contributed by atoms with E-state index in [1.807, 2.05) is 25.1 Å². The van der Waals surface area contributed by atoms with Gasteiger partial charge in [0.15, 0.2) is 0 Å². The molecular weight excluding hydrogens is 240 g/mol. The highest BCUT2D eigenvalue weighted by Gasteiger charge is 2.29. The number of para-hydroxylation sites is 1.